The number of nitrogens with zero attached hydrogens (tertiary/aromatic N) is 1. The molecular formula is C15H22FN3. The molecular weight excluding hydrogens is 241 g/mol. The van der Waals surface area contributed by atoms with Gasteiger partial charge in [-0.25, -0.2) is 4.39 Å². The molecule has 3 rings (SSSR count). The predicted molar refractivity (Wildman–Crippen MR) is 76.6 cm³/mol. The van der Waals surface area contributed by atoms with E-state index in [0.717, 1.165) is 18.5 Å². The fraction of sp³-hybridized carbons (Fsp3) is 0.600. The van der Waals surface area contributed by atoms with Crippen molar-refractivity contribution in [3.8, 4) is 0 Å². The van der Waals surface area contributed by atoms with E-state index in [-0.39, 0.29) is 5.82 Å². The molecule has 19 heavy (non-hydrogen) atoms. The molecule has 0 saturated carbocycles. The van der Waals surface area contributed by atoms with Crippen LogP contribution in [0.3, 0.4) is 0 Å². The number of benzene rings is 1. The number of hydrogen-bond acceptors (Lipinski definition) is 3. The summed E-state index contributed by atoms with van der Waals surface area (Å²) in [5.74, 6) is -0.268. The zero-order valence-electron chi connectivity index (χ0n) is 11.4. The molecule has 0 aliphatic carbocycles. The van der Waals surface area contributed by atoms with Gasteiger partial charge in [-0.05, 0) is 50.9 Å². The molecule has 2 aliphatic rings. The molecule has 0 amide bonds. The summed E-state index contributed by atoms with van der Waals surface area (Å²) in [6.45, 7) is 0. The molecule has 2 atom stereocenters. The van der Waals surface area contributed by atoms with Crippen molar-refractivity contribution < 1.29 is 4.39 Å². The van der Waals surface area contributed by atoms with Crippen molar-refractivity contribution >= 4 is 11.4 Å². The first kappa shape index (κ1) is 12.7. The summed E-state index contributed by atoms with van der Waals surface area (Å²) in [7, 11) is 2.24. The van der Waals surface area contributed by atoms with Gasteiger partial charge in [0.05, 0.1) is 0 Å². The Labute approximate surface area is 114 Å². The number of nitrogen functional groups attached to an aromatic ring is 1. The average Bonchev–Trinajstić information content (AvgIpc) is 2.29. The quantitative estimate of drug-likeness (QED) is 0.806. The lowest BCUT2D eigenvalue weighted by atomic mass is 9.82. The Bertz CT molecular complexity index is 428. The van der Waals surface area contributed by atoms with E-state index >= 15 is 0 Å². The van der Waals surface area contributed by atoms with Crippen LogP contribution in [0, 0.1) is 5.82 Å². The van der Waals surface area contributed by atoms with Gasteiger partial charge in [0, 0.05) is 29.5 Å². The number of nitrogens with two attached hydrogens (primary N) is 1. The predicted octanol–water partition coefficient (Wildman–Crippen LogP) is 2.84. The molecule has 1 aromatic carbocycles. The summed E-state index contributed by atoms with van der Waals surface area (Å²) >= 11 is 0. The van der Waals surface area contributed by atoms with Crippen LogP contribution in [-0.4, -0.2) is 30.1 Å². The van der Waals surface area contributed by atoms with Crippen molar-refractivity contribution in [2.45, 2.75) is 50.2 Å². The van der Waals surface area contributed by atoms with Gasteiger partial charge >= 0.3 is 0 Å². The Morgan fingerprint density at radius 1 is 1.21 bits per heavy atom. The lowest BCUT2D eigenvalue weighted by Gasteiger charge is -2.47. The fourth-order valence-corrected chi connectivity index (χ4v) is 3.67. The van der Waals surface area contributed by atoms with Gasteiger partial charge in [-0.1, -0.05) is 6.42 Å². The Balaban J connectivity index is 1.70. The maximum absolute atomic E-state index is 13.3. The smallest absolute Gasteiger partial charge is 0.127 e. The number of halogens is 1. The molecule has 2 heterocycles. The van der Waals surface area contributed by atoms with E-state index in [1.807, 2.05) is 6.07 Å². The number of anilines is 2. The summed E-state index contributed by atoms with van der Waals surface area (Å²) < 4.78 is 13.3. The molecule has 3 N–H and O–H groups in total. The second-order valence-electron chi connectivity index (χ2n) is 5.99. The van der Waals surface area contributed by atoms with Crippen molar-refractivity contribution in [3.63, 3.8) is 0 Å². The van der Waals surface area contributed by atoms with Crippen molar-refractivity contribution in [1.82, 2.24) is 4.90 Å². The highest BCUT2D eigenvalue weighted by Gasteiger charge is 2.35. The highest BCUT2D eigenvalue weighted by atomic mass is 19.1. The van der Waals surface area contributed by atoms with Gasteiger partial charge in [-0.3, -0.25) is 0 Å². The van der Waals surface area contributed by atoms with Gasteiger partial charge in [0.2, 0.25) is 0 Å². The van der Waals surface area contributed by atoms with E-state index in [0.29, 0.717) is 23.8 Å². The molecule has 2 bridgehead atoms. The van der Waals surface area contributed by atoms with Crippen LogP contribution in [0.25, 0.3) is 0 Å². The molecule has 2 aliphatic heterocycles. The standard InChI is InChI=1S/C15H22FN3/c1-19-14-3-2-4-15(19)9-13(8-14)18-12-6-10(16)5-11(17)7-12/h5-7,13-15,18H,2-4,8-9,17H2,1H3. The summed E-state index contributed by atoms with van der Waals surface area (Å²) in [4.78, 5) is 2.53. The van der Waals surface area contributed by atoms with E-state index in [1.54, 1.807) is 0 Å². The van der Waals surface area contributed by atoms with E-state index in [2.05, 4.69) is 17.3 Å². The average molecular weight is 263 g/mol. The van der Waals surface area contributed by atoms with Crippen LogP contribution in [0.2, 0.25) is 0 Å². The second kappa shape index (κ2) is 5.00. The Kier molecular flexibility index (Phi) is 3.35. The Morgan fingerprint density at radius 3 is 2.53 bits per heavy atom. The number of piperidine rings is 2. The van der Waals surface area contributed by atoms with Crippen LogP contribution >= 0.6 is 0 Å². The first-order valence-electron chi connectivity index (χ1n) is 7.16. The first-order valence-corrected chi connectivity index (χ1v) is 7.16. The molecule has 3 nitrogen and oxygen atoms in total. The highest BCUT2D eigenvalue weighted by Crippen LogP contribution is 2.34. The van der Waals surface area contributed by atoms with Crippen LogP contribution in [0.5, 0.6) is 0 Å². The van der Waals surface area contributed by atoms with Crippen LogP contribution in [0.1, 0.15) is 32.1 Å². The second-order valence-corrected chi connectivity index (χ2v) is 5.99. The molecule has 2 unspecified atom stereocenters. The van der Waals surface area contributed by atoms with E-state index < -0.39 is 0 Å². The normalized spacial score (nSPS) is 31.2. The molecule has 0 aromatic heterocycles. The topological polar surface area (TPSA) is 41.3 Å². The third kappa shape index (κ3) is 2.68. The van der Waals surface area contributed by atoms with Gasteiger partial charge in [0.25, 0.3) is 0 Å². The lowest BCUT2D eigenvalue weighted by Crippen LogP contribution is -2.52. The van der Waals surface area contributed by atoms with Crippen molar-refractivity contribution in [2.75, 3.05) is 18.1 Å². The molecule has 2 saturated heterocycles. The molecule has 2 fully saturated rings. The molecule has 4 heteroatoms. The minimum Gasteiger partial charge on any atom is -0.399 e. The van der Waals surface area contributed by atoms with Crippen LogP contribution < -0.4 is 11.1 Å². The van der Waals surface area contributed by atoms with Gasteiger partial charge in [-0.15, -0.1) is 0 Å². The zero-order valence-corrected chi connectivity index (χ0v) is 11.4. The third-order valence-electron chi connectivity index (χ3n) is 4.63. The van der Waals surface area contributed by atoms with Gasteiger partial charge < -0.3 is 16.0 Å². The molecule has 0 radical (unpaired) electrons. The number of rotatable bonds is 2. The van der Waals surface area contributed by atoms with E-state index in [4.69, 9.17) is 5.73 Å². The number of nitrogens with one attached hydrogen (secondary N) is 1. The molecule has 104 valence electrons. The highest BCUT2D eigenvalue weighted by molar-refractivity contribution is 5.55. The maximum atomic E-state index is 13.3. The largest absolute Gasteiger partial charge is 0.399 e. The summed E-state index contributed by atoms with van der Waals surface area (Å²) in [5, 5.41) is 3.46. The van der Waals surface area contributed by atoms with Gasteiger partial charge in [0.1, 0.15) is 5.82 Å². The third-order valence-corrected chi connectivity index (χ3v) is 4.63. The zero-order chi connectivity index (χ0) is 13.4. The lowest BCUT2D eigenvalue weighted by molar-refractivity contribution is 0.0608. The van der Waals surface area contributed by atoms with Crippen LogP contribution in [-0.2, 0) is 0 Å². The molecule has 1 aromatic rings. The first-order chi connectivity index (χ1) is 9.11. The summed E-state index contributed by atoms with van der Waals surface area (Å²) in [5.41, 5.74) is 6.98. The maximum Gasteiger partial charge on any atom is 0.127 e. The number of hydrogen-bond donors (Lipinski definition) is 2. The monoisotopic (exact) mass is 263 g/mol. The number of fused-ring (bicyclic) bond motifs is 2. The Morgan fingerprint density at radius 2 is 1.89 bits per heavy atom. The fourth-order valence-electron chi connectivity index (χ4n) is 3.67. The van der Waals surface area contributed by atoms with Crippen molar-refractivity contribution in [1.29, 1.82) is 0 Å². The van der Waals surface area contributed by atoms with Crippen LogP contribution in [0.4, 0.5) is 15.8 Å². The van der Waals surface area contributed by atoms with E-state index in [9.17, 15) is 4.39 Å². The SMILES string of the molecule is CN1C2CCCC1CC(Nc1cc(N)cc(F)c1)C2. The van der Waals surface area contributed by atoms with Crippen LogP contribution in [0.15, 0.2) is 18.2 Å². The van der Waals surface area contributed by atoms with Crippen molar-refractivity contribution in [2.24, 2.45) is 0 Å². The van der Waals surface area contributed by atoms with E-state index in [1.165, 1.54) is 31.4 Å². The Hall–Kier alpha value is -1.29. The van der Waals surface area contributed by atoms with Gasteiger partial charge in [0.15, 0.2) is 0 Å². The minimum atomic E-state index is -0.268. The van der Waals surface area contributed by atoms with Gasteiger partial charge in [-0.2, -0.15) is 0 Å². The summed E-state index contributed by atoms with van der Waals surface area (Å²) in [6.07, 6.45) is 6.21. The molecule has 0 spiro atoms. The van der Waals surface area contributed by atoms with Crippen molar-refractivity contribution in [3.05, 3.63) is 24.0 Å². The summed E-state index contributed by atoms with van der Waals surface area (Å²) in [6, 6.07) is 6.50. The minimum absolute atomic E-state index is 0.268.